The number of halogens is 2. The maximum Gasteiger partial charge on any atom is 0.284 e. The molecule has 0 atom stereocenters. The summed E-state index contributed by atoms with van der Waals surface area (Å²) in [6.07, 6.45) is 0. The number of rotatable bonds is 4. The van der Waals surface area contributed by atoms with E-state index in [1.54, 1.807) is 7.11 Å². The minimum atomic E-state index is -1.66. The van der Waals surface area contributed by atoms with Gasteiger partial charge in [0.25, 0.3) is 6.85 Å². The lowest BCUT2D eigenvalue weighted by Gasteiger charge is -2.32. The molecule has 0 saturated carbocycles. The third-order valence-corrected chi connectivity index (χ3v) is 6.92. The monoisotopic (exact) mass is 524 g/mol. The van der Waals surface area contributed by atoms with Crippen molar-refractivity contribution in [3.63, 3.8) is 0 Å². The average molecular weight is 526 g/mol. The second-order valence-electron chi connectivity index (χ2n) is 13.3. The second kappa shape index (κ2) is 9.84. The molecule has 5 heteroatoms. The molecule has 2 aromatic carbocycles. The molecule has 34 heavy (non-hydrogen) atoms. The molecular weight excluding hydrogens is 482 g/mol. The fraction of sp³-hybridized carbons (Fsp3) is 0.586. The van der Waals surface area contributed by atoms with Crippen molar-refractivity contribution in [2.45, 2.75) is 105 Å². The highest BCUT2D eigenvalue weighted by molar-refractivity contribution is 8.00. The molecule has 0 aliphatic heterocycles. The molecule has 0 fully saturated rings. The van der Waals surface area contributed by atoms with Crippen LogP contribution in [0.1, 0.15) is 105 Å². The van der Waals surface area contributed by atoms with E-state index in [4.69, 9.17) is 31.7 Å². The van der Waals surface area contributed by atoms with E-state index in [1.165, 1.54) is 16.7 Å². The minimum Gasteiger partial charge on any atom is -0.496 e. The molecule has 0 N–H and O–H groups in total. The molecule has 0 heterocycles. The van der Waals surface area contributed by atoms with Gasteiger partial charge >= 0.3 is 0 Å². The predicted molar refractivity (Wildman–Crippen MR) is 152 cm³/mol. The van der Waals surface area contributed by atoms with Crippen LogP contribution in [0.4, 0.5) is 0 Å². The van der Waals surface area contributed by atoms with Crippen molar-refractivity contribution in [2.24, 2.45) is 0 Å². The molecule has 0 unspecified atom stereocenters. The summed E-state index contributed by atoms with van der Waals surface area (Å²) in [5, 5.41) is 0. The Bertz CT molecular complexity index is 1030. The topological polar surface area (TPSA) is 18.5 Å². The molecule has 0 aliphatic rings. The van der Waals surface area contributed by atoms with Crippen molar-refractivity contribution in [1.82, 2.24) is 0 Å². The summed E-state index contributed by atoms with van der Waals surface area (Å²) in [4.78, 5) is 0. The van der Waals surface area contributed by atoms with Crippen molar-refractivity contribution in [1.29, 1.82) is 0 Å². The summed E-state index contributed by atoms with van der Waals surface area (Å²) in [5.41, 5.74) is 6.34. The van der Waals surface area contributed by atoms with Crippen LogP contribution in [0.3, 0.4) is 0 Å². The molecular formula is C29H43Cl2O2P. The van der Waals surface area contributed by atoms with Crippen molar-refractivity contribution in [3.05, 3.63) is 46.5 Å². The Hall–Kier alpha value is -0.950. The Kier molecular flexibility index (Phi) is 8.47. The Morgan fingerprint density at radius 1 is 0.559 bits per heavy atom. The highest BCUT2D eigenvalue weighted by Crippen LogP contribution is 2.55. The van der Waals surface area contributed by atoms with Crippen LogP contribution < -0.4 is 9.26 Å². The Labute approximate surface area is 219 Å². The van der Waals surface area contributed by atoms with E-state index in [0.717, 1.165) is 28.2 Å². The number of benzene rings is 2. The van der Waals surface area contributed by atoms with Gasteiger partial charge in [0.15, 0.2) is 0 Å². The van der Waals surface area contributed by atoms with Crippen LogP contribution in [0.5, 0.6) is 11.5 Å². The zero-order valence-corrected chi connectivity index (χ0v) is 25.7. The Balaban J connectivity index is 3.18. The Morgan fingerprint density at radius 2 is 0.912 bits per heavy atom. The first-order valence-electron chi connectivity index (χ1n) is 11.9. The molecule has 0 saturated heterocycles. The molecule has 0 amide bonds. The first-order valence-corrected chi connectivity index (χ1v) is 15.0. The summed E-state index contributed by atoms with van der Waals surface area (Å²) < 4.78 is 12.3. The van der Waals surface area contributed by atoms with Gasteiger partial charge in [0, 0.05) is 22.3 Å². The SMILES string of the molecule is COc1c(-c2cc(C(C)(C)C)cc(C(C)(C)C)c2OP(Cl)Cl)cc(C(C)(C)C)cc1C(C)(C)C. The van der Waals surface area contributed by atoms with E-state index in [1.807, 2.05) is 0 Å². The van der Waals surface area contributed by atoms with Crippen molar-refractivity contribution >= 4 is 29.3 Å². The molecule has 190 valence electrons. The molecule has 0 bridgehead atoms. The molecule has 0 spiro atoms. The van der Waals surface area contributed by atoms with E-state index in [2.05, 4.69) is 107 Å². The first kappa shape index (κ1) is 29.3. The fourth-order valence-corrected chi connectivity index (χ4v) is 4.77. The quantitative estimate of drug-likeness (QED) is 0.370. The molecule has 2 aromatic rings. The van der Waals surface area contributed by atoms with E-state index >= 15 is 0 Å². The van der Waals surface area contributed by atoms with Crippen LogP contribution in [0.2, 0.25) is 0 Å². The molecule has 2 rings (SSSR count). The zero-order valence-electron chi connectivity index (χ0n) is 23.3. The standard InChI is InChI=1S/C29H43Cl2O2P/c1-26(2,3)18-14-20(24(32-13)22(16-18)28(7,8)9)21-15-19(27(4,5)6)17-23(29(10,11)12)25(21)33-34(30)31/h14-17H,1-13H3. The summed E-state index contributed by atoms with van der Waals surface area (Å²) in [5.74, 6) is 1.60. The van der Waals surface area contributed by atoms with Crippen LogP contribution in [-0.2, 0) is 21.7 Å². The third kappa shape index (κ3) is 6.63. The van der Waals surface area contributed by atoms with Gasteiger partial charge in [0.1, 0.15) is 11.5 Å². The van der Waals surface area contributed by atoms with Crippen molar-refractivity contribution in [3.8, 4) is 22.6 Å². The van der Waals surface area contributed by atoms with Gasteiger partial charge in [-0.25, -0.2) is 0 Å². The fourth-order valence-electron chi connectivity index (χ4n) is 4.03. The van der Waals surface area contributed by atoms with Gasteiger partial charge in [-0.05, 0) is 67.4 Å². The van der Waals surface area contributed by atoms with Gasteiger partial charge in [-0.2, -0.15) is 0 Å². The van der Waals surface area contributed by atoms with Gasteiger partial charge in [0.05, 0.1) is 7.11 Å². The van der Waals surface area contributed by atoms with Crippen LogP contribution in [0.25, 0.3) is 11.1 Å². The first-order chi connectivity index (χ1) is 15.2. The number of hydrogen-bond donors (Lipinski definition) is 0. The average Bonchev–Trinajstić information content (AvgIpc) is 2.63. The Morgan fingerprint density at radius 3 is 1.21 bits per heavy atom. The van der Waals surface area contributed by atoms with Crippen LogP contribution >= 0.6 is 29.3 Å². The van der Waals surface area contributed by atoms with Crippen molar-refractivity contribution in [2.75, 3.05) is 7.11 Å². The van der Waals surface area contributed by atoms with Crippen LogP contribution in [0, 0.1) is 0 Å². The van der Waals surface area contributed by atoms with E-state index in [0.29, 0.717) is 0 Å². The lowest BCUT2D eigenvalue weighted by molar-refractivity contribution is 0.398. The summed E-state index contributed by atoms with van der Waals surface area (Å²) in [6, 6.07) is 9.02. The number of hydrogen-bond acceptors (Lipinski definition) is 2. The largest absolute Gasteiger partial charge is 0.496 e. The lowest BCUT2D eigenvalue weighted by Crippen LogP contribution is -2.19. The van der Waals surface area contributed by atoms with Gasteiger partial charge in [0.2, 0.25) is 0 Å². The maximum absolute atomic E-state index is 6.28. The summed E-state index contributed by atoms with van der Waals surface area (Å²) in [7, 11) is 1.75. The van der Waals surface area contributed by atoms with Crippen LogP contribution in [0.15, 0.2) is 24.3 Å². The predicted octanol–water partition coefficient (Wildman–Crippen LogP) is 10.6. The zero-order chi connectivity index (χ0) is 26.4. The van der Waals surface area contributed by atoms with Gasteiger partial charge < -0.3 is 9.26 Å². The second-order valence-corrected chi connectivity index (χ2v) is 16.2. The minimum absolute atomic E-state index is 0.0396. The summed E-state index contributed by atoms with van der Waals surface area (Å²) >= 11 is 12.6. The maximum atomic E-state index is 6.28. The van der Waals surface area contributed by atoms with E-state index < -0.39 is 6.85 Å². The number of ether oxygens (including phenoxy) is 1. The van der Waals surface area contributed by atoms with E-state index in [9.17, 15) is 0 Å². The van der Waals surface area contributed by atoms with Crippen molar-refractivity contribution < 1.29 is 9.26 Å². The normalized spacial score (nSPS) is 13.4. The molecule has 0 aromatic heterocycles. The number of methoxy groups -OCH3 is 1. The third-order valence-electron chi connectivity index (χ3n) is 6.18. The molecule has 0 aliphatic carbocycles. The van der Waals surface area contributed by atoms with Gasteiger partial charge in [-0.3, -0.25) is 0 Å². The van der Waals surface area contributed by atoms with Gasteiger partial charge in [-0.1, -0.05) is 95.2 Å². The lowest BCUT2D eigenvalue weighted by atomic mass is 9.75. The molecule has 2 nitrogen and oxygen atoms in total. The van der Waals surface area contributed by atoms with E-state index in [-0.39, 0.29) is 21.7 Å². The molecule has 0 radical (unpaired) electrons. The smallest absolute Gasteiger partial charge is 0.284 e. The van der Waals surface area contributed by atoms with Crippen LogP contribution in [-0.4, -0.2) is 7.11 Å². The highest BCUT2D eigenvalue weighted by atomic mass is 35.9. The highest BCUT2D eigenvalue weighted by Gasteiger charge is 2.32. The summed E-state index contributed by atoms with van der Waals surface area (Å²) in [6.45, 7) is 25.0. The van der Waals surface area contributed by atoms with Gasteiger partial charge in [-0.15, -0.1) is 0 Å².